The molecule has 0 aliphatic carbocycles. The molecule has 1 rings (SSSR count). The number of halogens is 1. The minimum atomic E-state index is -1.14. The van der Waals surface area contributed by atoms with E-state index < -0.39 is 18.2 Å². The normalized spacial score (nSPS) is 10.5. The fourth-order valence-electron chi connectivity index (χ4n) is 1.00. The van der Waals surface area contributed by atoms with Gasteiger partial charge in [0.2, 0.25) is 0 Å². The Morgan fingerprint density at radius 2 is 2.00 bits per heavy atom. The molecule has 0 heterocycles. The minimum absolute atomic E-state index is 0.456. The lowest BCUT2D eigenvalue weighted by Gasteiger charge is -1.95. The second-order valence-electron chi connectivity index (χ2n) is 2.89. The van der Waals surface area contributed by atoms with E-state index in [1.807, 2.05) is 0 Å². The fourth-order valence-corrected chi connectivity index (χ4v) is 1.20. The summed E-state index contributed by atoms with van der Waals surface area (Å²) in [6, 6.07) is 7.00. The zero-order valence-corrected chi connectivity index (χ0v) is 8.57. The van der Waals surface area contributed by atoms with Gasteiger partial charge in [0.05, 0.1) is 0 Å². The SMILES string of the molecule is O=C(O)CC(=O)/C=C/c1ccccc1Cl. The molecule has 1 N–H and O–H groups in total. The van der Waals surface area contributed by atoms with Crippen LogP contribution in [0.1, 0.15) is 12.0 Å². The van der Waals surface area contributed by atoms with E-state index in [1.54, 1.807) is 24.3 Å². The maximum absolute atomic E-state index is 11.0. The standard InChI is InChI=1S/C11H9ClO3/c12-10-4-2-1-3-8(10)5-6-9(13)7-11(14)15/h1-6H,7H2,(H,14,15)/b6-5+. The van der Waals surface area contributed by atoms with Gasteiger partial charge in [0.15, 0.2) is 5.78 Å². The van der Waals surface area contributed by atoms with Crippen molar-refractivity contribution in [3.05, 3.63) is 40.9 Å². The van der Waals surface area contributed by atoms with E-state index in [0.29, 0.717) is 10.6 Å². The Morgan fingerprint density at radius 1 is 1.33 bits per heavy atom. The van der Waals surface area contributed by atoms with Crippen LogP contribution in [0.4, 0.5) is 0 Å². The van der Waals surface area contributed by atoms with Gasteiger partial charge in [-0.05, 0) is 23.8 Å². The van der Waals surface area contributed by atoms with Gasteiger partial charge in [-0.15, -0.1) is 0 Å². The summed E-state index contributed by atoms with van der Waals surface area (Å²) in [5, 5.41) is 8.88. The average molecular weight is 225 g/mol. The zero-order chi connectivity index (χ0) is 11.3. The summed E-state index contributed by atoms with van der Waals surface area (Å²) in [5.74, 6) is -1.59. The van der Waals surface area contributed by atoms with Crippen LogP contribution >= 0.6 is 11.6 Å². The Morgan fingerprint density at radius 3 is 2.60 bits per heavy atom. The van der Waals surface area contributed by atoms with Crippen LogP contribution in [0.5, 0.6) is 0 Å². The van der Waals surface area contributed by atoms with Crippen LogP contribution in [0.3, 0.4) is 0 Å². The summed E-state index contributed by atoms with van der Waals surface area (Å²) in [4.78, 5) is 21.2. The molecule has 0 bridgehead atoms. The lowest BCUT2D eigenvalue weighted by molar-refractivity contribution is -0.139. The highest BCUT2D eigenvalue weighted by molar-refractivity contribution is 6.32. The molecule has 0 fully saturated rings. The number of allylic oxidation sites excluding steroid dienone is 1. The Bertz CT molecular complexity index is 410. The second-order valence-corrected chi connectivity index (χ2v) is 3.30. The van der Waals surface area contributed by atoms with Crippen molar-refractivity contribution in [1.82, 2.24) is 0 Å². The van der Waals surface area contributed by atoms with Crippen LogP contribution in [0, 0.1) is 0 Å². The van der Waals surface area contributed by atoms with Crippen molar-refractivity contribution < 1.29 is 14.7 Å². The van der Waals surface area contributed by atoms with Gasteiger partial charge in [-0.2, -0.15) is 0 Å². The van der Waals surface area contributed by atoms with E-state index in [-0.39, 0.29) is 0 Å². The van der Waals surface area contributed by atoms with Crippen LogP contribution in [0.2, 0.25) is 5.02 Å². The molecule has 0 atom stereocenters. The fraction of sp³-hybridized carbons (Fsp3) is 0.0909. The number of carboxylic acid groups (broad SMARTS) is 1. The van der Waals surface area contributed by atoms with Gasteiger partial charge >= 0.3 is 5.97 Å². The number of aliphatic carboxylic acids is 1. The third-order valence-electron chi connectivity index (χ3n) is 1.68. The van der Waals surface area contributed by atoms with Gasteiger partial charge in [0.25, 0.3) is 0 Å². The molecule has 0 saturated heterocycles. The van der Waals surface area contributed by atoms with Crippen molar-refractivity contribution in [2.45, 2.75) is 6.42 Å². The van der Waals surface area contributed by atoms with Gasteiger partial charge < -0.3 is 5.11 Å². The molecule has 0 aromatic heterocycles. The first-order valence-electron chi connectivity index (χ1n) is 4.27. The summed E-state index contributed by atoms with van der Waals surface area (Å²) in [6.07, 6.45) is 2.23. The van der Waals surface area contributed by atoms with Crippen LogP contribution in [0.15, 0.2) is 30.3 Å². The van der Waals surface area contributed by atoms with E-state index >= 15 is 0 Å². The Balaban J connectivity index is 2.70. The molecule has 0 aliphatic rings. The first kappa shape index (κ1) is 11.5. The number of hydrogen-bond acceptors (Lipinski definition) is 2. The molecule has 15 heavy (non-hydrogen) atoms. The summed E-state index contributed by atoms with van der Waals surface area (Å²) in [6.45, 7) is 0. The van der Waals surface area contributed by atoms with Crippen LogP contribution < -0.4 is 0 Å². The summed E-state index contributed by atoms with van der Waals surface area (Å²) in [5.41, 5.74) is 0.693. The number of ketones is 1. The third kappa shape index (κ3) is 3.95. The van der Waals surface area contributed by atoms with Gasteiger partial charge in [-0.25, -0.2) is 0 Å². The maximum atomic E-state index is 11.0. The molecular formula is C11H9ClO3. The highest BCUT2D eigenvalue weighted by atomic mass is 35.5. The predicted octanol–water partition coefficient (Wildman–Crippen LogP) is 2.40. The monoisotopic (exact) mass is 224 g/mol. The largest absolute Gasteiger partial charge is 0.481 e. The van der Waals surface area contributed by atoms with Crippen molar-refractivity contribution >= 4 is 29.4 Å². The molecule has 0 aliphatic heterocycles. The number of carbonyl (C=O) groups excluding carboxylic acids is 1. The molecule has 0 spiro atoms. The van der Waals surface area contributed by atoms with E-state index in [4.69, 9.17) is 16.7 Å². The van der Waals surface area contributed by atoms with E-state index in [9.17, 15) is 9.59 Å². The van der Waals surface area contributed by atoms with Gasteiger partial charge in [0.1, 0.15) is 6.42 Å². The van der Waals surface area contributed by atoms with Crippen molar-refractivity contribution in [1.29, 1.82) is 0 Å². The molecular weight excluding hydrogens is 216 g/mol. The zero-order valence-electron chi connectivity index (χ0n) is 7.81. The Hall–Kier alpha value is -1.61. The molecule has 1 aromatic carbocycles. The molecule has 0 radical (unpaired) electrons. The van der Waals surface area contributed by atoms with Crippen LogP contribution in [-0.4, -0.2) is 16.9 Å². The van der Waals surface area contributed by atoms with Crippen molar-refractivity contribution in [2.24, 2.45) is 0 Å². The number of carboxylic acids is 1. The lowest BCUT2D eigenvalue weighted by atomic mass is 10.2. The molecule has 0 unspecified atom stereocenters. The summed E-state index contributed by atoms with van der Waals surface area (Å²) in [7, 11) is 0. The number of hydrogen-bond donors (Lipinski definition) is 1. The van der Waals surface area contributed by atoms with Crippen molar-refractivity contribution in [3.63, 3.8) is 0 Å². The van der Waals surface area contributed by atoms with Gasteiger partial charge in [-0.1, -0.05) is 29.8 Å². The predicted molar refractivity (Wildman–Crippen MR) is 57.7 cm³/mol. The van der Waals surface area contributed by atoms with Crippen LogP contribution in [-0.2, 0) is 9.59 Å². The first-order chi connectivity index (χ1) is 7.09. The van der Waals surface area contributed by atoms with E-state index in [0.717, 1.165) is 0 Å². The van der Waals surface area contributed by atoms with Gasteiger partial charge in [0, 0.05) is 5.02 Å². The average Bonchev–Trinajstić information content (AvgIpc) is 2.15. The number of benzene rings is 1. The first-order valence-corrected chi connectivity index (χ1v) is 4.64. The smallest absolute Gasteiger partial charge is 0.311 e. The van der Waals surface area contributed by atoms with E-state index in [1.165, 1.54) is 12.2 Å². The molecule has 3 nitrogen and oxygen atoms in total. The summed E-state index contributed by atoms with van der Waals surface area (Å²) >= 11 is 5.83. The number of rotatable bonds is 4. The Kier molecular flexibility index (Phi) is 4.06. The summed E-state index contributed by atoms with van der Waals surface area (Å²) < 4.78 is 0. The second kappa shape index (κ2) is 5.32. The molecule has 78 valence electrons. The number of carbonyl (C=O) groups is 2. The molecule has 0 amide bonds. The van der Waals surface area contributed by atoms with Crippen LogP contribution in [0.25, 0.3) is 6.08 Å². The molecule has 4 heteroatoms. The van der Waals surface area contributed by atoms with Crippen molar-refractivity contribution in [2.75, 3.05) is 0 Å². The minimum Gasteiger partial charge on any atom is -0.481 e. The third-order valence-corrected chi connectivity index (χ3v) is 2.02. The highest BCUT2D eigenvalue weighted by Crippen LogP contribution is 2.16. The Labute approximate surface area is 92.0 Å². The van der Waals surface area contributed by atoms with Crippen molar-refractivity contribution in [3.8, 4) is 0 Å². The topological polar surface area (TPSA) is 54.4 Å². The molecule has 1 aromatic rings. The highest BCUT2D eigenvalue weighted by Gasteiger charge is 2.03. The maximum Gasteiger partial charge on any atom is 0.311 e. The van der Waals surface area contributed by atoms with E-state index in [2.05, 4.69) is 0 Å². The van der Waals surface area contributed by atoms with Gasteiger partial charge in [-0.3, -0.25) is 9.59 Å². The molecule has 0 saturated carbocycles. The quantitative estimate of drug-likeness (QED) is 0.631. The lowest BCUT2D eigenvalue weighted by Crippen LogP contribution is -2.02.